The summed E-state index contributed by atoms with van der Waals surface area (Å²) in [7, 11) is 0. The van der Waals surface area contributed by atoms with Gasteiger partial charge in [-0.1, -0.05) is 60.7 Å². The number of aryl methyl sites for hydroxylation is 1. The molecule has 5 heteroatoms. The Hall–Kier alpha value is -2.04. The Morgan fingerprint density at radius 3 is 2.21 bits per heavy atom. The molecule has 0 saturated heterocycles. The topological polar surface area (TPSA) is 41.6 Å². The van der Waals surface area contributed by atoms with Crippen molar-refractivity contribution in [2.24, 2.45) is 0 Å². The van der Waals surface area contributed by atoms with Gasteiger partial charge in [0.2, 0.25) is 0 Å². The molecule has 0 aliphatic heterocycles. The smallest absolute Gasteiger partial charge is 0.407 e. The maximum Gasteiger partial charge on any atom is 0.407 e. The average molecular weight is 417 g/mol. The van der Waals surface area contributed by atoms with E-state index in [1.807, 2.05) is 45.0 Å². The predicted molar refractivity (Wildman–Crippen MR) is 120 cm³/mol. The first kappa shape index (κ1) is 23.2. The number of hydrogen-bond acceptors (Lipinski definition) is 3. The zero-order chi connectivity index (χ0) is 21.1. The van der Waals surface area contributed by atoms with Crippen LogP contribution < -0.4 is 5.32 Å². The molecule has 0 radical (unpaired) electrons. The largest absolute Gasteiger partial charge is 0.444 e. The molecular weight excluding hydrogens is 384 g/mol. The quantitative estimate of drug-likeness (QED) is 0.537. The van der Waals surface area contributed by atoms with Crippen LogP contribution in [0.1, 0.15) is 38.3 Å². The number of hydrogen-bond donors (Lipinski definition) is 1. The molecule has 1 amide bonds. The van der Waals surface area contributed by atoms with Gasteiger partial charge in [0, 0.05) is 31.6 Å². The van der Waals surface area contributed by atoms with Crippen molar-refractivity contribution in [1.29, 1.82) is 0 Å². The van der Waals surface area contributed by atoms with Crippen molar-refractivity contribution < 1.29 is 9.53 Å². The normalized spacial score (nSPS) is 12.6. The zero-order valence-electron chi connectivity index (χ0n) is 17.7. The third kappa shape index (κ3) is 10.3. The molecule has 0 fully saturated rings. The van der Waals surface area contributed by atoms with Gasteiger partial charge in [-0.2, -0.15) is 0 Å². The van der Waals surface area contributed by atoms with Crippen molar-refractivity contribution in [3.63, 3.8) is 0 Å². The number of halogens is 1. The third-order valence-corrected chi connectivity index (χ3v) is 4.75. The van der Waals surface area contributed by atoms with Gasteiger partial charge in [-0.25, -0.2) is 4.79 Å². The summed E-state index contributed by atoms with van der Waals surface area (Å²) in [6.07, 6.45) is 1.49. The van der Waals surface area contributed by atoms with Crippen LogP contribution in [0.5, 0.6) is 0 Å². The first-order valence-electron chi connectivity index (χ1n) is 10.2. The zero-order valence-corrected chi connectivity index (χ0v) is 18.5. The molecule has 158 valence electrons. The summed E-state index contributed by atoms with van der Waals surface area (Å²) >= 11 is 6.67. The van der Waals surface area contributed by atoms with Crippen molar-refractivity contribution in [2.75, 3.05) is 19.6 Å². The number of nitrogens with zero attached hydrogens (tertiary/aromatic N) is 1. The van der Waals surface area contributed by atoms with Crippen LogP contribution in [0.2, 0.25) is 0 Å². The van der Waals surface area contributed by atoms with Gasteiger partial charge in [0.1, 0.15) is 5.60 Å². The number of carbonyl (C=O) groups is 1. The van der Waals surface area contributed by atoms with Crippen LogP contribution in [0.25, 0.3) is 0 Å². The minimum absolute atomic E-state index is 0.0421. The Morgan fingerprint density at radius 2 is 1.62 bits per heavy atom. The number of alkyl halides is 1. The van der Waals surface area contributed by atoms with E-state index in [2.05, 4.69) is 46.6 Å². The van der Waals surface area contributed by atoms with E-state index < -0.39 is 5.60 Å². The molecule has 0 spiro atoms. The summed E-state index contributed by atoms with van der Waals surface area (Å²) in [5, 5.41) is 2.88. The maximum atomic E-state index is 11.9. The molecule has 29 heavy (non-hydrogen) atoms. The van der Waals surface area contributed by atoms with E-state index in [0.717, 1.165) is 25.9 Å². The van der Waals surface area contributed by atoms with E-state index >= 15 is 0 Å². The molecule has 2 rings (SSSR count). The van der Waals surface area contributed by atoms with Gasteiger partial charge in [0.15, 0.2) is 0 Å². The number of benzene rings is 2. The summed E-state index contributed by atoms with van der Waals surface area (Å²) < 4.78 is 5.31. The van der Waals surface area contributed by atoms with Gasteiger partial charge < -0.3 is 10.1 Å². The van der Waals surface area contributed by atoms with Crippen LogP contribution in [0.3, 0.4) is 0 Å². The lowest BCUT2D eigenvalue weighted by atomic mass is 10.1. The monoisotopic (exact) mass is 416 g/mol. The van der Waals surface area contributed by atoms with Gasteiger partial charge >= 0.3 is 6.09 Å². The van der Waals surface area contributed by atoms with Crippen LogP contribution in [0, 0.1) is 0 Å². The van der Waals surface area contributed by atoms with Gasteiger partial charge in [0.05, 0.1) is 0 Å². The first-order valence-corrected chi connectivity index (χ1v) is 10.7. The van der Waals surface area contributed by atoms with Crippen molar-refractivity contribution >= 4 is 17.7 Å². The Balaban J connectivity index is 1.85. The molecule has 0 unspecified atom stereocenters. The summed E-state index contributed by atoms with van der Waals surface area (Å²) in [5.74, 6) is 0. The van der Waals surface area contributed by atoms with Crippen molar-refractivity contribution in [2.45, 2.75) is 51.1 Å². The number of ether oxygens (including phenoxy) is 1. The molecule has 0 aliphatic carbocycles. The molecule has 0 aliphatic rings. The minimum atomic E-state index is -0.494. The van der Waals surface area contributed by atoms with Crippen LogP contribution in [0.15, 0.2) is 60.7 Å². The van der Waals surface area contributed by atoms with Crippen LogP contribution >= 0.6 is 11.6 Å². The Bertz CT molecular complexity index is 717. The summed E-state index contributed by atoms with van der Waals surface area (Å²) in [6.45, 7) is 8.37. The Morgan fingerprint density at radius 1 is 1.03 bits per heavy atom. The molecule has 1 atom stereocenters. The number of rotatable bonds is 10. The van der Waals surface area contributed by atoms with E-state index in [0.29, 0.717) is 13.1 Å². The molecule has 0 bridgehead atoms. The number of alkyl carbamates (subject to hydrolysis) is 1. The number of carbonyl (C=O) groups excluding carboxylic acids is 1. The molecule has 0 aromatic heterocycles. The molecule has 0 heterocycles. The van der Waals surface area contributed by atoms with E-state index in [4.69, 9.17) is 16.3 Å². The lowest BCUT2D eigenvalue weighted by Gasteiger charge is -2.26. The van der Waals surface area contributed by atoms with Gasteiger partial charge in [-0.3, -0.25) is 4.90 Å². The second-order valence-corrected chi connectivity index (χ2v) is 8.89. The van der Waals surface area contributed by atoms with Gasteiger partial charge in [-0.05, 0) is 44.7 Å². The molecule has 2 aromatic carbocycles. The molecule has 1 N–H and O–H groups in total. The second-order valence-electron chi connectivity index (χ2n) is 8.27. The SMILES string of the molecule is CC(C)(C)OC(=O)NCCN(Cc1ccccc1)C[C@@H](Cl)CCc1ccccc1. The third-order valence-electron chi connectivity index (χ3n) is 4.39. The highest BCUT2D eigenvalue weighted by Gasteiger charge is 2.17. The van der Waals surface area contributed by atoms with Gasteiger partial charge in [0.25, 0.3) is 0 Å². The van der Waals surface area contributed by atoms with Crippen LogP contribution in [-0.2, 0) is 17.7 Å². The van der Waals surface area contributed by atoms with Crippen molar-refractivity contribution in [3.8, 4) is 0 Å². The van der Waals surface area contributed by atoms with E-state index in [1.54, 1.807) is 0 Å². The first-order chi connectivity index (χ1) is 13.8. The molecule has 0 saturated carbocycles. The fourth-order valence-electron chi connectivity index (χ4n) is 3.05. The average Bonchev–Trinajstić information content (AvgIpc) is 2.66. The second kappa shape index (κ2) is 11.8. The predicted octanol–water partition coefficient (Wildman–Crippen LogP) is 5.25. The number of nitrogens with one attached hydrogen (secondary N) is 1. The van der Waals surface area contributed by atoms with E-state index in [1.165, 1.54) is 11.1 Å². The maximum absolute atomic E-state index is 11.9. The molecular formula is C24H33ClN2O2. The lowest BCUT2D eigenvalue weighted by Crippen LogP contribution is -2.39. The van der Waals surface area contributed by atoms with Crippen LogP contribution in [-0.4, -0.2) is 41.6 Å². The highest BCUT2D eigenvalue weighted by Crippen LogP contribution is 2.13. The highest BCUT2D eigenvalue weighted by molar-refractivity contribution is 6.20. The highest BCUT2D eigenvalue weighted by atomic mass is 35.5. The van der Waals surface area contributed by atoms with Crippen molar-refractivity contribution in [1.82, 2.24) is 10.2 Å². The standard InChI is InChI=1S/C24H33ClN2O2/c1-24(2,3)29-23(28)26-16-17-27(18-21-12-8-5-9-13-21)19-22(25)15-14-20-10-6-4-7-11-20/h4-13,22H,14-19H2,1-3H3,(H,26,28)/t22-/m0/s1. The van der Waals surface area contributed by atoms with Crippen molar-refractivity contribution in [3.05, 3.63) is 71.8 Å². The van der Waals surface area contributed by atoms with E-state index in [9.17, 15) is 4.79 Å². The molecule has 4 nitrogen and oxygen atoms in total. The minimum Gasteiger partial charge on any atom is -0.444 e. The Labute approximate surface area is 180 Å². The molecule has 2 aromatic rings. The Kier molecular flexibility index (Phi) is 9.49. The summed E-state index contributed by atoms with van der Waals surface area (Å²) in [5.41, 5.74) is 2.04. The fraction of sp³-hybridized carbons (Fsp3) is 0.458. The summed E-state index contributed by atoms with van der Waals surface area (Å²) in [6, 6.07) is 20.7. The van der Waals surface area contributed by atoms with E-state index in [-0.39, 0.29) is 11.5 Å². The number of amides is 1. The summed E-state index contributed by atoms with van der Waals surface area (Å²) in [4.78, 5) is 14.2. The van der Waals surface area contributed by atoms with Crippen LogP contribution in [0.4, 0.5) is 4.79 Å². The lowest BCUT2D eigenvalue weighted by molar-refractivity contribution is 0.0521. The fourth-order valence-corrected chi connectivity index (χ4v) is 3.35. The van der Waals surface area contributed by atoms with Gasteiger partial charge in [-0.15, -0.1) is 11.6 Å².